The number of hydrogen-bond donors (Lipinski definition) is 1. The number of imide groups is 1. The molecule has 0 radical (unpaired) electrons. The van der Waals surface area contributed by atoms with Crippen molar-refractivity contribution in [1.29, 1.82) is 0 Å². The van der Waals surface area contributed by atoms with Gasteiger partial charge in [-0.15, -0.1) is 0 Å². The zero-order valence-electron chi connectivity index (χ0n) is 14.1. The van der Waals surface area contributed by atoms with Crippen LogP contribution in [0, 0.1) is 5.92 Å². The number of likely N-dealkylation sites (N-methyl/N-ethyl adjacent to an activating group) is 1. The summed E-state index contributed by atoms with van der Waals surface area (Å²) >= 11 is 0. The maximum Gasteiger partial charge on any atom is 0.261 e. The van der Waals surface area contributed by atoms with Crippen molar-refractivity contribution in [3.05, 3.63) is 35.4 Å². The van der Waals surface area contributed by atoms with Gasteiger partial charge in [0.25, 0.3) is 11.8 Å². The number of amides is 3. The molecular formula is C18H23N3O3. The van der Waals surface area contributed by atoms with Crippen molar-refractivity contribution in [3.63, 3.8) is 0 Å². The lowest BCUT2D eigenvalue weighted by atomic mass is 9.92. The van der Waals surface area contributed by atoms with E-state index in [0.29, 0.717) is 23.7 Å². The summed E-state index contributed by atoms with van der Waals surface area (Å²) in [6, 6.07) is 7.18. The molecule has 3 rings (SSSR count). The van der Waals surface area contributed by atoms with Gasteiger partial charge in [0.15, 0.2) is 0 Å². The van der Waals surface area contributed by atoms with E-state index < -0.39 is 0 Å². The van der Waals surface area contributed by atoms with E-state index in [1.165, 1.54) is 4.90 Å². The van der Waals surface area contributed by atoms with E-state index in [9.17, 15) is 14.4 Å². The van der Waals surface area contributed by atoms with Crippen molar-refractivity contribution in [3.8, 4) is 0 Å². The number of fused-ring (bicyclic) bond motifs is 1. The summed E-state index contributed by atoms with van der Waals surface area (Å²) in [4.78, 5) is 40.1. The molecule has 1 N–H and O–H groups in total. The third-order valence-electron chi connectivity index (χ3n) is 4.89. The van der Waals surface area contributed by atoms with Crippen LogP contribution >= 0.6 is 0 Å². The molecule has 6 nitrogen and oxygen atoms in total. The molecule has 3 amide bonds. The minimum atomic E-state index is -0.271. The molecule has 1 aromatic rings. The normalized spacial score (nSPS) is 23.3. The molecule has 2 aliphatic heterocycles. The van der Waals surface area contributed by atoms with Crippen molar-refractivity contribution in [2.45, 2.75) is 25.8 Å². The molecular weight excluding hydrogens is 306 g/mol. The Morgan fingerprint density at radius 1 is 1.25 bits per heavy atom. The first-order valence-corrected chi connectivity index (χ1v) is 8.42. The first-order chi connectivity index (χ1) is 11.5. The number of nitrogens with one attached hydrogen (secondary N) is 1. The van der Waals surface area contributed by atoms with Crippen LogP contribution in [0.2, 0.25) is 0 Å². The molecule has 1 saturated heterocycles. The molecule has 1 fully saturated rings. The maximum absolute atomic E-state index is 12.5. The van der Waals surface area contributed by atoms with Crippen molar-refractivity contribution in [2.24, 2.45) is 5.92 Å². The number of carbonyl (C=O) groups is 3. The van der Waals surface area contributed by atoms with Crippen molar-refractivity contribution in [2.75, 3.05) is 26.7 Å². The minimum Gasteiger partial charge on any atom is -0.344 e. The lowest BCUT2D eigenvalue weighted by molar-refractivity contribution is -0.135. The van der Waals surface area contributed by atoms with Gasteiger partial charge >= 0.3 is 0 Å². The molecule has 0 saturated carbocycles. The van der Waals surface area contributed by atoms with E-state index in [-0.39, 0.29) is 30.2 Å². The fourth-order valence-electron chi connectivity index (χ4n) is 3.47. The van der Waals surface area contributed by atoms with Gasteiger partial charge in [0.05, 0.1) is 11.1 Å². The van der Waals surface area contributed by atoms with Crippen LogP contribution < -0.4 is 5.32 Å². The summed E-state index contributed by atoms with van der Waals surface area (Å²) in [6.07, 6.45) is 1.66. The summed E-state index contributed by atoms with van der Waals surface area (Å²) < 4.78 is 0. The number of carbonyl (C=O) groups excluding carboxylic acids is 3. The van der Waals surface area contributed by atoms with E-state index in [1.807, 2.05) is 0 Å². The lowest BCUT2D eigenvalue weighted by Crippen LogP contribution is -2.45. The zero-order chi connectivity index (χ0) is 17.3. The molecule has 1 aromatic carbocycles. The van der Waals surface area contributed by atoms with E-state index in [2.05, 4.69) is 12.2 Å². The van der Waals surface area contributed by atoms with Gasteiger partial charge in [0.1, 0.15) is 0 Å². The number of nitrogens with zero attached hydrogens (tertiary/aromatic N) is 2. The fraction of sp³-hybridized carbons (Fsp3) is 0.500. The highest BCUT2D eigenvalue weighted by molar-refractivity contribution is 6.21. The SMILES string of the molecule is C[C@H]1C[C@@H](C(=O)N(C)CCN2C(=O)c3ccccc3C2=O)CCN1. The summed E-state index contributed by atoms with van der Waals surface area (Å²) in [5.74, 6) is -0.424. The Hall–Kier alpha value is -2.21. The standard InChI is InChI=1S/C18H23N3O3/c1-12-11-13(7-8-19-12)16(22)20(2)9-10-21-17(23)14-5-3-4-6-15(14)18(21)24/h3-6,12-13,19H,7-11H2,1-2H3/t12-,13-/m0/s1. The highest BCUT2D eigenvalue weighted by Gasteiger charge is 2.35. The van der Waals surface area contributed by atoms with Gasteiger partial charge in [-0.3, -0.25) is 19.3 Å². The third kappa shape index (κ3) is 3.06. The van der Waals surface area contributed by atoms with Gasteiger partial charge in [-0.1, -0.05) is 12.1 Å². The molecule has 2 heterocycles. The van der Waals surface area contributed by atoms with E-state index in [0.717, 1.165) is 19.4 Å². The van der Waals surface area contributed by atoms with Crippen molar-refractivity contribution in [1.82, 2.24) is 15.1 Å². The summed E-state index contributed by atoms with van der Waals surface area (Å²) in [5, 5.41) is 3.34. The van der Waals surface area contributed by atoms with Crippen LogP contribution in [0.4, 0.5) is 0 Å². The highest BCUT2D eigenvalue weighted by atomic mass is 16.2. The molecule has 0 bridgehead atoms. The lowest BCUT2D eigenvalue weighted by Gasteiger charge is -2.30. The van der Waals surface area contributed by atoms with Gasteiger partial charge < -0.3 is 10.2 Å². The number of piperidine rings is 1. The first kappa shape index (κ1) is 16.6. The topological polar surface area (TPSA) is 69.7 Å². The molecule has 128 valence electrons. The van der Waals surface area contributed by atoms with Crippen LogP contribution in [0.15, 0.2) is 24.3 Å². The predicted molar refractivity (Wildman–Crippen MR) is 89.6 cm³/mol. The first-order valence-electron chi connectivity index (χ1n) is 8.42. The molecule has 2 aliphatic rings. The predicted octanol–water partition coefficient (Wildman–Crippen LogP) is 1.13. The van der Waals surface area contributed by atoms with Crippen LogP contribution in [0.5, 0.6) is 0 Å². The molecule has 6 heteroatoms. The third-order valence-corrected chi connectivity index (χ3v) is 4.89. The summed E-state index contributed by atoms with van der Waals surface area (Å²) in [6.45, 7) is 3.53. The number of rotatable bonds is 4. The second-order valence-corrected chi connectivity index (χ2v) is 6.64. The van der Waals surface area contributed by atoms with Crippen LogP contribution in [-0.2, 0) is 4.79 Å². The second kappa shape index (κ2) is 6.73. The van der Waals surface area contributed by atoms with Gasteiger partial charge in [-0.25, -0.2) is 0 Å². The molecule has 0 aromatic heterocycles. The summed E-state index contributed by atoms with van der Waals surface area (Å²) in [7, 11) is 1.74. The Morgan fingerprint density at radius 2 is 1.88 bits per heavy atom. The quantitative estimate of drug-likeness (QED) is 0.841. The smallest absolute Gasteiger partial charge is 0.261 e. The van der Waals surface area contributed by atoms with Crippen LogP contribution in [0.3, 0.4) is 0 Å². The van der Waals surface area contributed by atoms with Crippen LogP contribution in [-0.4, -0.2) is 60.2 Å². The van der Waals surface area contributed by atoms with Gasteiger partial charge in [-0.05, 0) is 38.4 Å². The highest BCUT2D eigenvalue weighted by Crippen LogP contribution is 2.22. The van der Waals surface area contributed by atoms with Gasteiger partial charge in [0.2, 0.25) is 5.91 Å². The molecule has 0 spiro atoms. The van der Waals surface area contributed by atoms with Gasteiger partial charge in [-0.2, -0.15) is 0 Å². The van der Waals surface area contributed by atoms with Crippen LogP contribution in [0.25, 0.3) is 0 Å². The molecule has 24 heavy (non-hydrogen) atoms. The minimum absolute atomic E-state index is 0.0217. The molecule has 2 atom stereocenters. The van der Waals surface area contributed by atoms with Crippen LogP contribution in [0.1, 0.15) is 40.5 Å². The molecule has 0 aliphatic carbocycles. The average Bonchev–Trinajstić information content (AvgIpc) is 2.83. The Bertz CT molecular complexity index is 638. The van der Waals surface area contributed by atoms with Crippen molar-refractivity contribution < 1.29 is 14.4 Å². The maximum atomic E-state index is 12.5. The zero-order valence-corrected chi connectivity index (χ0v) is 14.1. The fourth-order valence-corrected chi connectivity index (χ4v) is 3.47. The Kier molecular flexibility index (Phi) is 4.66. The average molecular weight is 329 g/mol. The Morgan fingerprint density at radius 3 is 2.46 bits per heavy atom. The van der Waals surface area contributed by atoms with E-state index in [4.69, 9.17) is 0 Å². The summed E-state index contributed by atoms with van der Waals surface area (Å²) in [5.41, 5.74) is 0.896. The molecule has 0 unspecified atom stereocenters. The van der Waals surface area contributed by atoms with Gasteiger partial charge in [0, 0.05) is 32.1 Å². The number of benzene rings is 1. The number of hydrogen-bond acceptors (Lipinski definition) is 4. The van der Waals surface area contributed by atoms with E-state index in [1.54, 1.807) is 36.2 Å². The second-order valence-electron chi connectivity index (χ2n) is 6.64. The Balaban J connectivity index is 1.59. The largest absolute Gasteiger partial charge is 0.344 e. The monoisotopic (exact) mass is 329 g/mol. The van der Waals surface area contributed by atoms with Crippen molar-refractivity contribution >= 4 is 17.7 Å². The Labute approximate surface area is 141 Å². The van der Waals surface area contributed by atoms with E-state index >= 15 is 0 Å².